The molecule has 0 radical (unpaired) electrons. The number of hydrogen-bond acceptors (Lipinski definition) is 5. The number of hydrogen-bond donors (Lipinski definition) is 2. The van der Waals surface area contributed by atoms with E-state index in [0.29, 0.717) is 28.8 Å². The molecule has 2 heterocycles. The highest BCUT2D eigenvalue weighted by Crippen LogP contribution is 2.61. The lowest BCUT2D eigenvalue weighted by atomic mass is 9.48. The Bertz CT molecular complexity index is 1290. The van der Waals surface area contributed by atoms with Crippen LogP contribution in [0, 0.1) is 23.2 Å². The summed E-state index contributed by atoms with van der Waals surface area (Å²) < 4.78 is 33.3. The van der Waals surface area contributed by atoms with Crippen LogP contribution in [-0.2, 0) is 32.7 Å². The van der Waals surface area contributed by atoms with E-state index in [-0.39, 0.29) is 29.8 Å². The lowest BCUT2D eigenvalue weighted by Crippen LogP contribution is -2.46. The quantitative estimate of drug-likeness (QED) is 0.471. The first-order valence-electron chi connectivity index (χ1n) is 13.2. The summed E-state index contributed by atoms with van der Waals surface area (Å²) in [5.41, 5.74) is 1.68. The molecule has 4 saturated carbocycles. The van der Waals surface area contributed by atoms with Gasteiger partial charge in [-0.3, -0.25) is 14.9 Å². The Morgan fingerprint density at radius 3 is 2.27 bits per heavy atom. The number of amides is 2. The van der Waals surface area contributed by atoms with Gasteiger partial charge in [0, 0.05) is 30.3 Å². The molecule has 2 N–H and O–H groups in total. The molecule has 8 nitrogen and oxygen atoms in total. The van der Waals surface area contributed by atoms with Gasteiger partial charge >= 0.3 is 0 Å². The minimum absolute atomic E-state index is 0.00481. The third-order valence-electron chi connectivity index (χ3n) is 8.82. The van der Waals surface area contributed by atoms with Crippen molar-refractivity contribution >= 4 is 33.4 Å². The van der Waals surface area contributed by atoms with Crippen molar-refractivity contribution in [3.8, 4) is 0 Å². The molecule has 0 unspecified atom stereocenters. The fourth-order valence-corrected chi connectivity index (χ4v) is 8.98. The second kappa shape index (κ2) is 9.13. The molecule has 5 aliphatic rings. The molecule has 4 bridgehead atoms. The first-order chi connectivity index (χ1) is 17.7. The summed E-state index contributed by atoms with van der Waals surface area (Å²) in [7, 11) is -3.74. The maximum absolute atomic E-state index is 13.2. The second-order valence-electron chi connectivity index (χ2n) is 11.5. The summed E-state index contributed by atoms with van der Waals surface area (Å²) >= 11 is 0. The van der Waals surface area contributed by atoms with Crippen molar-refractivity contribution in [1.82, 2.24) is 4.31 Å². The third-order valence-corrected chi connectivity index (χ3v) is 10.6. The van der Waals surface area contributed by atoms with Crippen LogP contribution >= 0.6 is 0 Å². The number of nitrogens with zero attached hydrogens (tertiary/aromatic N) is 1. The Morgan fingerprint density at radius 1 is 1.03 bits per heavy atom. The van der Waals surface area contributed by atoms with Crippen molar-refractivity contribution in [3.63, 3.8) is 0 Å². The first-order valence-corrected chi connectivity index (χ1v) is 14.6. The Balaban J connectivity index is 1.04. The fourth-order valence-electron chi connectivity index (χ4n) is 7.60. The molecule has 0 spiro atoms. The monoisotopic (exact) mass is 523 g/mol. The smallest absolute Gasteiger partial charge is 0.250 e. The van der Waals surface area contributed by atoms with E-state index >= 15 is 0 Å². The van der Waals surface area contributed by atoms with Crippen LogP contribution < -0.4 is 10.6 Å². The zero-order valence-corrected chi connectivity index (χ0v) is 21.7. The van der Waals surface area contributed by atoms with Crippen LogP contribution in [0.5, 0.6) is 0 Å². The maximum Gasteiger partial charge on any atom is 0.250 e. The number of carbonyl (C=O) groups is 2. The van der Waals surface area contributed by atoms with Crippen molar-refractivity contribution in [2.75, 3.05) is 10.6 Å². The molecule has 9 heteroatoms. The molecule has 7 rings (SSSR count). The van der Waals surface area contributed by atoms with Crippen LogP contribution in [0.2, 0.25) is 0 Å². The molecule has 0 atom stereocenters. The Kier molecular flexibility index (Phi) is 6.03. The van der Waals surface area contributed by atoms with E-state index in [2.05, 4.69) is 17.2 Å². The number of sulfonamides is 1. The predicted molar refractivity (Wildman–Crippen MR) is 139 cm³/mol. The summed E-state index contributed by atoms with van der Waals surface area (Å²) in [6.45, 7) is 3.65. The van der Waals surface area contributed by atoms with Crippen molar-refractivity contribution in [2.45, 2.75) is 69.4 Å². The third kappa shape index (κ3) is 4.75. The number of nitrogens with one attached hydrogen (secondary N) is 2. The van der Waals surface area contributed by atoms with Crippen LogP contribution in [0.3, 0.4) is 0 Å². The van der Waals surface area contributed by atoms with Gasteiger partial charge in [-0.05, 0) is 98.5 Å². The van der Waals surface area contributed by atoms with E-state index in [1.54, 1.807) is 18.2 Å². The Morgan fingerprint density at radius 2 is 1.68 bits per heavy atom. The van der Waals surface area contributed by atoms with E-state index in [9.17, 15) is 18.0 Å². The molecule has 2 amide bonds. The molecule has 0 saturated heterocycles. The van der Waals surface area contributed by atoms with Crippen LogP contribution in [0.25, 0.3) is 0 Å². The van der Waals surface area contributed by atoms with Gasteiger partial charge in [0.05, 0.1) is 11.4 Å². The standard InChI is InChI=1S/C28H33N3O5S/c1-2-25(32)30-27-12-21-16-31(17-24(21)36-27)37(34,35)23-5-3-22(4-6-23)29-26(33)7-8-28-13-18-9-19(14-28)11-20(10-18)15-28/h2-6,12,18-20H,1,7-11,13-17H2,(H,29,33)(H,30,32). The molecule has 196 valence electrons. The molecule has 1 aliphatic heterocycles. The van der Waals surface area contributed by atoms with Gasteiger partial charge in [-0.2, -0.15) is 4.31 Å². The summed E-state index contributed by atoms with van der Waals surface area (Å²) in [4.78, 5) is 24.3. The van der Waals surface area contributed by atoms with Gasteiger partial charge in [-0.25, -0.2) is 8.42 Å². The SMILES string of the molecule is C=CC(=O)Nc1cc2c(o1)CN(S(=O)(=O)c1ccc(NC(=O)CCC34CC5CC(CC(C5)C3)C4)cc1)C2. The first kappa shape index (κ1) is 24.4. The highest BCUT2D eigenvalue weighted by Gasteiger charge is 2.50. The number of benzene rings is 1. The van der Waals surface area contributed by atoms with Gasteiger partial charge in [0.1, 0.15) is 5.76 Å². The topological polar surface area (TPSA) is 109 Å². The summed E-state index contributed by atoms with van der Waals surface area (Å²) in [6.07, 6.45) is 10.7. The molecule has 4 fully saturated rings. The van der Waals surface area contributed by atoms with E-state index in [1.807, 2.05) is 0 Å². The lowest BCUT2D eigenvalue weighted by Gasteiger charge is -2.57. The molecule has 2 aromatic rings. The number of furan rings is 1. The number of fused-ring (bicyclic) bond motifs is 1. The van der Waals surface area contributed by atoms with E-state index in [4.69, 9.17) is 4.42 Å². The van der Waals surface area contributed by atoms with Crippen molar-refractivity contribution in [3.05, 3.63) is 54.3 Å². The minimum Gasteiger partial charge on any atom is -0.444 e. The summed E-state index contributed by atoms with van der Waals surface area (Å²) in [5.74, 6) is 3.00. The van der Waals surface area contributed by atoms with Gasteiger partial charge < -0.3 is 9.73 Å². The predicted octanol–water partition coefficient (Wildman–Crippen LogP) is 5.04. The Hall–Kier alpha value is -2.91. The second-order valence-corrected chi connectivity index (χ2v) is 13.5. The summed E-state index contributed by atoms with van der Waals surface area (Å²) in [5, 5.41) is 5.50. The van der Waals surface area contributed by atoms with Gasteiger partial charge in [0.2, 0.25) is 21.8 Å². The minimum atomic E-state index is -3.74. The van der Waals surface area contributed by atoms with Crippen LogP contribution in [0.4, 0.5) is 11.6 Å². The van der Waals surface area contributed by atoms with Crippen molar-refractivity contribution < 1.29 is 22.4 Å². The molecular weight excluding hydrogens is 490 g/mol. The van der Waals surface area contributed by atoms with Crippen molar-refractivity contribution in [1.29, 1.82) is 0 Å². The van der Waals surface area contributed by atoms with Crippen LogP contribution in [0.15, 0.2) is 52.3 Å². The van der Waals surface area contributed by atoms with Crippen LogP contribution in [0.1, 0.15) is 62.7 Å². The van der Waals surface area contributed by atoms with E-state index < -0.39 is 15.9 Å². The highest BCUT2D eigenvalue weighted by molar-refractivity contribution is 7.89. The molecule has 4 aliphatic carbocycles. The largest absolute Gasteiger partial charge is 0.444 e. The number of carbonyl (C=O) groups excluding carboxylic acids is 2. The zero-order chi connectivity index (χ0) is 25.8. The molecule has 37 heavy (non-hydrogen) atoms. The molecule has 1 aromatic heterocycles. The van der Waals surface area contributed by atoms with E-state index in [0.717, 1.165) is 30.3 Å². The zero-order valence-electron chi connectivity index (χ0n) is 20.9. The van der Waals surface area contributed by atoms with Crippen molar-refractivity contribution in [2.24, 2.45) is 23.2 Å². The van der Waals surface area contributed by atoms with Gasteiger partial charge in [0.15, 0.2) is 5.88 Å². The molecular formula is C28H33N3O5S. The fraction of sp³-hybridized carbons (Fsp3) is 0.500. The molecule has 1 aromatic carbocycles. The number of rotatable bonds is 8. The Labute approximate surface area is 217 Å². The average Bonchev–Trinajstić information content (AvgIpc) is 3.42. The average molecular weight is 524 g/mol. The lowest BCUT2D eigenvalue weighted by molar-refractivity contribution is -0.118. The van der Waals surface area contributed by atoms with Crippen LogP contribution in [-0.4, -0.2) is 24.5 Å². The van der Waals surface area contributed by atoms with Gasteiger partial charge in [-0.1, -0.05) is 6.58 Å². The van der Waals surface area contributed by atoms with Gasteiger partial charge in [0.25, 0.3) is 0 Å². The summed E-state index contributed by atoms with van der Waals surface area (Å²) in [6, 6.07) is 7.98. The number of anilines is 2. The normalized spacial score (nSPS) is 28.2. The highest BCUT2D eigenvalue weighted by atomic mass is 32.2. The van der Waals surface area contributed by atoms with E-state index in [1.165, 1.54) is 55.0 Å². The van der Waals surface area contributed by atoms with Gasteiger partial charge in [-0.15, -0.1) is 0 Å². The maximum atomic E-state index is 13.2.